The molecule has 2 nitrogen and oxygen atoms in total. The van der Waals surface area contributed by atoms with Crippen molar-refractivity contribution in [2.45, 2.75) is 44.1 Å². The van der Waals surface area contributed by atoms with E-state index in [9.17, 15) is 5.11 Å². The number of methoxy groups -OCH3 is 1. The molecule has 3 rings (SSSR count). The van der Waals surface area contributed by atoms with Crippen molar-refractivity contribution < 1.29 is 9.84 Å². The third-order valence-electron chi connectivity index (χ3n) is 5.04. The highest BCUT2D eigenvalue weighted by Gasteiger charge is 2.52. The minimum atomic E-state index is -0.930. The van der Waals surface area contributed by atoms with Crippen LogP contribution in [-0.2, 0) is 6.42 Å². The fourth-order valence-electron chi connectivity index (χ4n) is 3.99. The molecule has 2 heteroatoms. The monoisotopic (exact) mass is 256 g/mol. The van der Waals surface area contributed by atoms with Crippen LogP contribution in [-0.4, -0.2) is 17.8 Å². The second kappa shape index (κ2) is 4.02. The Morgan fingerprint density at radius 3 is 2.95 bits per heavy atom. The molecule has 0 bridgehead atoms. The quantitative estimate of drug-likeness (QED) is 0.783. The number of rotatable bonds is 1. The third kappa shape index (κ3) is 1.84. The van der Waals surface area contributed by atoms with Gasteiger partial charge < -0.3 is 9.84 Å². The Kier molecular flexibility index (Phi) is 2.66. The Labute approximate surface area is 114 Å². The normalized spacial score (nSPS) is 36.2. The summed E-state index contributed by atoms with van der Waals surface area (Å²) in [6, 6.07) is 6.29. The average molecular weight is 256 g/mol. The molecular formula is C17H20O2. The topological polar surface area (TPSA) is 29.5 Å². The van der Waals surface area contributed by atoms with Crippen LogP contribution in [0.15, 0.2) is 18.2 Å². The van der Waals surface area contributed by atoms with E-state index in [2.05, 4.69) is 25.0 Å². The second-order valence-electron chi connectivity index (χ2n) is 6.33. The van der Waals surface area contributed by atoms with E-state index in [1.807, 2.05) is 6.07 Å². The van der Waals surface area contributed by atoms with Crippen molar-refractivity contribution in [3.05, 3.63) is 29.3 Å². The summed E-state index contributed by atoms with van der Waals surface area (Å²) in [5.74, 6) is 3.88. The lowest BCUT2D eigenvalue weighted by atomic mass is 9.67. The zero-order chi connectivity index (χ0) is 13.7. The zero-order valence-electron chi connectivity index (χ0n) is 11.6. The smallest absolute Gasteiger partial charge is 0.126 e. The van der Waals surface area contributed by atoms with E-state index in [4.69, 9.17) is 11.2 Å². The summed E-state index contributed by atoms with van der Waals surface area (Å²) in [5.41, 5.74) is 1.90. The van der Waals surface area contributed by atoms with Gasteiger partial charge in [0, 0.05) is 0 Å². The summed E-state index contributed by atoms with van der Waals surface area (Å²) in [4.78, 5) is 0. The molecule has 19 heavy (non-hydrogen) atoms. The lowest BCUT2D eigenvalue weighted by Crippen LogP contribution is -2.27. The Morgan fingerprint density at radius 1 is 1.47 bits per heavy atom. The number of hydrogen-bond acceptors (Lipinski definition) is 2. The molecule has 0 saturated heterocycles. The molecule has 0 heterocycles. The third-order valence-corrected chi connectivity index (χ3v) is 5.04. The molecule has 1 aromatic rings. The van der Waals surface area contributed by atoms with Crippen LogP contribution in [0.2, 0.25) is 0 Å². The van der Waals surface area contributed by atoms with Crippen LogP contribution >= 0.6 is 0 Å². The van der Waals surface area contributed by atoms with Crippen LogP contribution in [0.4, 0.5) is 0 Å². The number of aliphatic hydroxyl groups is 1. The minimum absolute atomic E-state index is 0.128. The second-order valence-corrected chi connectivity index (χ2v) is 6.33. The lowest BCUT2D eigenvalue weighted by molar-refractivity contribution is 0.0932. The van der Waals surface area contributed by atoms with Crippen molar-refractivity contribution in [3.63, 3.8) is 0 Å². The first-order valence-corrected chi connectivity index (χ1v) is 6.87. The standard InChI is InChI=1S/C17H20O2/c1-4-17(18)10-15-14-6-5-13(19-3)9-12(14)7-8-16(15,2)11-17/h1,5-6,9,15,18H,7-8,10-11H2,2-3H3/t15-,16+,17-/m0/s1. The van der Waals surface area contributed by atoms with Gasteiger partial charge in [-0.1, -0.05) is 18.9 Å². The molecule has 0 aliphatic heterocycles. The first-order valence-electron chi connectivity index (χ1n) is 6.87. The van der Waals surface area contributed by atoms with Gasteiger partial charge in [-0.2, -0.15) is 0 Å². The number of aryl methyl sites for hydroxylation is 1. The van der Waals surface area contributed by atoms with Crippen LogP contribution in [0.5, 0.6) is 5.75 Å². The van der Waals surface area contributed by atoms with E-state index in [0.29, 0.717) is 18.8 Å². The van der Waals surface area contributed by atoms with Crippen LogP contribution < -0.4 is 4.74 Å². The van der Waals surface area contributed by atoms with E-state index < -0.39 is 5.60 Å². The molecule has 3 atom stereocenters. The van der Waals surface area contributed by atoms with E-state index in [1.165, 1.54) is 11.1 Å². The Hall–Kier alpha value is -1.46. The molecule has 0 aromatic heterocycles. The highest BCUT2D eigenvalue weighted by Crippen LogP contribution is 2.58. The molecular weight excluding hydrogens is 236 g/mol. The predicted octanol–water partition coefficient (Wildman–Crippen LogP) is 2.89. The van der Waals surface area contributed by atoms with Crippen molar-refractivity contribution in [3.8, 4) is 18.1 Å². The van der Waals surface area contributed by atoms with Crippen molar-refractivity contribution in [1.29, 1.82) is 0 Å². The summed E-state index contributed by atoms with van der Waals surface area (Å²) in [5, 5.41) is 10.5. The number of hydrogen-bond donors (Lipinski definition) is 1. The van der Waals surface area contributed by atoms with Gasteiger partial charge in [-0.05, 0) is 60.3 Å². The van der Waals surface area contributed by atoms with Crippen LogP contribution in [0.3, 0.4) is 0 Å². The van der Waals surface area contributed by atoms with Crippen LogP contribution in [0, 0.1) is 17.8 Å². The Morgan fingerprint density at radius 2 is 2.26 bits per heavy atom. The summed E-state index contributed by atoms with van der Waals surface area (Å²) in [6.07, 6.45) is 9.05. The van der Waals surface area contributed by atoms with Gasteiger partial charge in [0.05, 0.1) is 7.11 Å². The highest BCUT2D eigenvalue weighted by atomic mass is 16.5. The molecule has 0 spiro atoms. The van der Waals surface area contributed by atoms with Crippen molar-refractivity contribution in [1.82, 2.24) is 0 Å². The molecule has 1 fully saturated rings. The molecule has 1 saturated carbocycles. The van der Waals surface area contributed by atoms with Gasteiger partial charge in [0.25, 0.3) is 0 Å². The minimum Gasteiger partial charge on any atom is -0.497 e. The predicted molar refractivity (Wildman–Crippen MR) is 75.2 cm³/mol. The van der Waals surface area contributed by atoms with Crippen LogP contribution in [0.25, 0.3) is 0 Å². The maximum atomic E-state index is 10.5. The zero-order valence-corrected chi connectivity index (χ0v) is 11.6. The van der Waals surface area contributed by atoms with Crippen molar-refractivity contribution in [2.24, 2.45) is 5.41 Å². The van der Waals surface area contributed by atoms with Gasteiger partial charge in [0.2, 0.25) is 0 Å². The average Bonchev–Trinajstić information content (AvgIpc) is 2.70. The lowest BCUT2D eigenvalue weighted by Gasteiger charge is -2.37. The molecule has 100 valence electrons. The number of terminal acetylenes is 1. The van der Waals surface area contributed by atoms with Crippen LogP contribution in [0.1, 0.15) is 43.2 Å². The molecule has 1 N–H and O–H groups in total. The Bertz CT molecular complexity index is 557. The van der Waals surface area contributed by atoms with E-state index in [0.717, 1.165) is 18.6 Å². The van der Waals surface area contributed by atoms with Gasteiger partial charge in [0.1, 0.15) is 11.4 Å². The van der Waals surface area contributed by atoms with E-state index in [1.54, 1.807) is 7.11 Å². The maximum Gasteiger partial charge on any atom is 0.126 e. The number of benzene rings is 1. The summed E-state index contributed by atoms with van der Waals surface area (Å²) >= 11 is 0. The highest BCUT2D eigenvalue weighted by molar-refractivity contribution is 5.43. The van der Waals surface area contributed by atoms with Gasteiger partial charge >= 0.3 is 0 Å². The van der Waals surface area contributed by atoms with E-state index in [-0.39, 0.29) is 5.41 Å². The van der Waals surface area contributed by atoms with Gasteiger partial charge in [0.15, 0.2) is 0 Å². The molecule has 2 aliphatic rings. The summed E-state index contributed by atoms with van der Waals surface area (Å²) < 4.78 is 5.30. The molecule has 2 aliphatic carbocycles. The molecule has 0 amide bonds. The van der Waals surface area contributed by atoms with Crippen molar-refractivity contribution >= 4 is 0 Å². The molecule has 0 radical (unpaired) electrons. The van der Waals surface area contributed by atoms with Gasteiger partial charge in [-0.3, -0.25) is 0 Å². The van der Waals surface area contributed by atoms with Crippen molar-refractivity contribution in [2.75, 3.05) is 7.11 Å². The first-order chi connectivity index (χ1) is 9.00. The first kappa shape index (κ1) is 12.6. The fourth-order valence-corrected chi connectivity index (χ4v) is 3.99. The molecule has 0 unspecified atom stereocenters. The van der Waals surface area contributed by atoms with Gasteiger partial charge in [-0.15, -0.1) is 6.42 Å². The Balaban J connectivity index is 2.04. The molecule has 1 aromatic carbocycles. The van der Waals surface area contributed by atoms with E-state index >= 15 is 0 Å². The summed E-state index contributed by atoms with van der Waals surface area (Å²) in [6.45, 7) is 2.26. The fraction of sp³-hybridized carbons (Fsp3) is 0.529. The SMILES string of the molecule is C#C[C@]1(O)C[C@H]2c3ccc(OC)cc3CC[C@]2(C)C1. The summed E-state index contributed by atoms with van der Waals surface area (Å²) in [7, 11) is 1.70. The largest absolute Gasteiger partial charge is 0.497 e. The number of fused-ring (bicyclic) bond motifs is 3. The van der Waals surface area contributed by atoms with Gasteiger partial charge in [-0.25, -0.2) is 0 Å². The maximum absolute atomic E-state index is 10.5. The number of ether oxygens (including phenoxy) is 1.